The van der Waals surface area contributed by atoms with E-state index in [4.69, 9.17) is 4.74 Å². The SMILES string of the molecule is CCO[C@@H]1CCN(Cc2ccncc2)[C@@H]1Cc1ccncc1. The number of hydrogen-bond donors (Lipinski definition) is 0. The average molecular weight is 297 g/mol. The minimum atomic E-state index is 0.319. The molecule has 1 aliphatic heterocycles. The lowest BCUT2D eigenvalue weighted by atomic mass is 10.0. The summed E-state index contributed by atoms with van der Waals surface area (Å²) in [7, 11) is 0. The summed E-state index contributed by atoms with van der Waals surface area (Å²) >= 11 is 0. The molecule has 4 nitrogen and oxygen atoms in total. The lowest BCUT2D eigenvalue weighted by molar-refractivity contribution is 0.0331. The Hall–Kier alpha value is -1.78. The molecule has 2 atom stereocenters. The van der Waals surface area contributed by atoms with Gasteiger partial charge in [0, 0.05) is 50.5 Å². The largest absolute Gasteiger partial charge is 0.377 e. The Kier molecular flexibility index (Phi) is 5.14. The van der Waals surface area contributed by atoms with E-state index < -0.39 is 0 Å². The molecule has 0 aliphatic carbocycles. The molecule has 0 bridgehead atoms. The highest BCUT2D eigenvalue weighted by Gasteiger charge is 2.34. The second-order valence-corrected chi connectivity index (χ2v) is 5.74. The van der Waals surface area contributed by atoms with Gasteiger partial charge in [-0.1, -0.05) is 0 Å². The van der Waals surface area contributed by atoms with E-state index in [-0.39, 0.29) is 0 Å². The summed E-state index contributed by atoms with van der Waals surface area (Å²) in [5.41, 5.74) is 2.64. The van der Waals surface area contributed by atoms with Crippen molar-refractivity contribution in [1.29, 1.82) is 0 Å². The van der Waals surface area contributed by atoms with E-state index in [1.807, 2.05) is 24.8 Å². The number of ether oxygens (including phenoxy) is 1. The molecule has 0 spiro atoms. The first-order chi connectivity index (χ1) is 10.9. The Labute approximate surface area is 132 Å². The van der Waals surface area contributed by atoms with Crippen LogP contribution in [0, 0.1) is 0 Å². The Morgan fingerprint density at radius 2 is 1.68 bits per heavy atom. The normalized spacial score (nSPS) is 22.0. The maximum Gasteiger partial charge on any atom is 0.0745 e. The number of nitrogens with zero attached hydrogens (tertiary/aromatic N) is 3. The summed E-state index contributed by atoms with van der Waals surface area (Å²) < 4.78 is 5.99. The molecule has 0 aromatic carbocycles. The molecule has 0 amide bonds. The third kappa shape index (κ3) is 3.70. The minimum absolute atomic E-state index is 0.319. The molecule has 116 valence electrons. The fourth-order valence-corrected chi connectivity index (χ4v) is 3.23. The number of rotatable bonds is 6. The molecule has 0 radical (unpaired) electrons. The zero-order chi connectivity index (χ0) is 15.2. The van der Waals surface area contributed by atoms with Gasteiger partial charge in [-0.2, -0.15) is 0 Å². The quantitative estimate of drug-likeness (QED) is 0.821. The molecule has 0 N–H and O–H groups in total. The highest BCUT2D eigenvalue weighted by Crippen LogP contribution is 2.26. The molecule has 3 heterocycles. The Balaban J connectivity index is 1.73. The number of hydrogen-bond acceptors (Lipinski definition) is 4. The minimum Gasteiger partial charge on any atom is -0.377 e. The van der Waals surface area contributed by atoms with Gasteiger partial charge < -0.3 is 4.74 Å². The van der Waals surface area contributed by atoms with E-state index in [2.05, 4.69) is 46.1 Å². The molecule has 3 rings (SSSR count). The lowest BCUT2D eigenvalue weighted by Crippen LogP contribution is -2.37. The molecule has 2 aromatic heterocycles. The summed E-state index contributed by atoms with van der Waals surface area (Å²) in [4.78, 5) is 10.7. The van der Waals surface area contributed by atoms with Crippen LogP contribution in [0.3, 0.4) is 0 Å². The first-order valence-corrected chi connectivity index (χ1v) is 8.00. The molecule has 4 heteroatoms. The predicted octanol–water partition coefficient (Wildman–Crippen LogP) is 2.70. The van der Waals surface area contributed by atoms with Crippen LogP contribution < -0.4 is 0 Å². The Morgan fingerprint density at radius 1 is 1.05 bits per heavy atom. The van der Waals surface area contributed by atoms with E-state index in [9.17, 15) is 0 Å². The van der Waals surface area contributed by atoms with Crippen LogP contribution in [0.2, 0.25) is 0 Å². The van der Waals surface area contributed by atoms with Crippen LogP contribution in [0.4, 0.5) is 0 Å². The molecule has 1 aliphatic rings. The van der Waals surface area contributed by atoms with Crippen LogP contribution >= 0.6 is 0 Å². The molecular weight excluding hydrogens is 274 g/mol. The van der Waals surface area contributed by atoms with Crippen LogP contribution in [0.1, 0.15) is 24.5 Å². The van der Waals surface area contributed by atoms with Gasteiger partial charge in [0.05, 0.1) is 6.10 Å². The first-order valence-electron chi connectivity index (χ1n) is 8.00. The van der Waals surface area contributed by atoms with Crippen LogP contribution in [0.25, 0.3) is 0 Å². The standard InChI is InChI=1S/C18H23N3O/c1-2-22-18-7-12-21(14-16-5-10-20-11-6-16)17(18)13-15-3-8-19-9-4-15/h3-6,8-11,17-18H,2,7,12-14H2,1H3/t17-,18-/m1/s1. The average Bonchev–Trinajstić information content (AvgIpc) is 2.92. The second kappa shape index (κ2) is 7.47. The van der Waals surface area contributed by atoms with Crippen LogP contribution in [-0.2, 0) is 17.7 Å². The molecule has 0 saturated carbocycles. The molecule has 2 aromatic rings. The van der Waals surface area contributed by atoms with E-state index in [0.29, 0.717) is 12.1 Å². The lowest BCUT2D eigenvalue weighted by Gasteiger charge is -2.28. The van der Waals surface area contributed by atoms with Crippen LogP contribution in [0.5, 0.6) is 0 Å². The smallest absolute Gasteiger partial charge is 0.0745 e. The monoisotopic (exact) mass is 297 g/mol. The van der Waals surface area contributed by atoms with Crippen molar-refractivity contribution in [3.05, 3.63) is 60.2 Å². The van der Waals surface area contributed by atoms with Crippen LogP contribution in [-0.4, -0.2) is 40.2 Å². The predicted molar refractivity (Wildman–Crippen MR) is 86.4 cm³/mol. The molecule has 1 fully saturated rings. The second-order valence-electron chi connectivity index (χ2n) is 5.74. The van der Waals surface area contributed by atoms with E-state index in [1.54, 1.807) is 0 Å². The van der Waals surface area contributed by atoms with Crippen molar-refractivity contribution in [1.82, 2.24) is 14.9 Å². The zero-order valence-electron chi connectivity index (χ0n) is 13.1. The highest BCUT2D eigenvalue weighted by atomic mass is 16.5. The number of aromatic nitrogens is 2. The fraction of sp³-hybridized carbons (Fsp3) is 0.444. The van der Waals surface area contributed by atoms with Gasteiger partial charge in [-0.25, -0.2) is 0 Å². The van der Waals surface area contributed by atoms with Gasteiger partial charge in [0.2, 0.25) is 0 Å². The van der Waals surface area contributed by atoms with Gasteiger partial charge in [-0.3, -0.25) is 14.9 Å². The summed E-state index contributed by atoms with van der Waals surface area (Å²) in [6.07, 6.45) is 9.90. The number of pyridine rings is 2. The van der Waals surface area contributed by atoms with Crippen molar-refractivity contribution in [3.63, 3.8) is 0 Å². The number of likely N-dealkylation sites (tertiary alicyclic amines) is 1. The maximum absolute atomic E-state index is 5.99. The first kappa shape index (κ1) is 15.1. The molecule has 0 unspecified atom stereocenters. The molecule has 1 saturated heterocycles. The maximum atomic E-state index is 5.99. The van der Waals surface area contributed by atoms with Gasteiger partial charge in [-0.05, 0) is 55.2 Å². The third-order valence-corrected chi connectivity index (χ3v) is 4.31. The summed E-state index contributed by atoms with van der Waals surface area (Å²) in [6, 6.07) is 8.82. The van der Waals surface area contributed by atoms with E-state index in [1.165, 1.54) is 11.1 Å². The molecular formula is C18H23N3O. The topological polar surface area (TPSA) is 38.2 Å². The summed E-state index contributed by atoms with van der Waals surface area (Å²) in [5.74, 6) is 0. The van der Waals surface area contributed by atoms with Crippen molar-refractivity contribution in [2.45, 2.75) is 38.5 Å². The van der Waals surface area contributed by atoms with Gasteiger partial charge in [-0.15, -0.1) is 0 Å². The Bertz CT molecular complexity index is 561. The molecule has 22 heavy (non-hydrogen) atoms. The summed E-state index contributed by atoms with van der Waals surface area (Å²) in [6.45, 7) is 4.90. The third-order valence-electron chi connectivity index (χ3n) is 4.31. The van der Waals surface area contributed by atoms with Crippen molar-refractivity contribution >= 4 is 0 Å². The van der Waals surface area contributed by atoms with Crippen molar-refractivity contribution in [2.24, 2.45) is 0 Å². The zero-order valence-corrected chi connectivity index (χ0v) is 13.1. The van der Waals surface area contributed by atoms with Crippen molar-refractivity contribution < 1.29 is 4.74 Å². The van der Waals surface area contributed by atoms with Crippen LogP contribution in [0.15, 0.2) is 49.1 Å². The van der Waals surface area contributed by atoms with E-state index in [0.717, 1.165) is 32.5 Å². The fourth-order valence-electron chi connectivity index (χ4n) is 3.23. The highest BCUT2D eigenvalue weighted by molar-refractivity contribution is 5.15. The van der Waals surface area contributed by atoms with E-state index >= 15 is 0 Å². The van der Waals surface area contributed by atoms with Crippen molar-refractivity contribution in [3.8, 4) is 0 Å². The summed E-state index contributed by atoms with van der Waals surface area (Å²) in [5, 5.41) is 0. The Morgan fingerprint density at radius 3 is 2.32 bits per heavy atom. The van der Waals surface area contributed by atoms with Gasteiger partial charge in [0.1, 0.15) is 0 Å². The van der Waals surface area contributed by atoms with Gasteiger partial charge in [0.15, 0.2) is 0 Å². The van der Waals surface area contributed by atoms with Gasteiger partial charge in [0.25, 0.3) is 0 Å². The van der Waals surface area contributed by atoms with Gasteiger partial charge >= 0.3 is 0 Å². The van der Waals surface area contributed by atoms with Crippen molar-refractivity contribution in [2.75, 3.05) is 13.2 Å².